The van der Waals surface area contributed by atoms with Crippen molar-refractivity contribution in [3.8, 4) is 11.5 Å². The molecule has 9 heteroatoms. The van der Waals surface area contributed by atoms with Crippen LogP contribution in [0.25, 0.3) is 0 Å². The Balaban J connectivity index is 1.10. The van der Waals surface area contributed by atoms with Gasteiger partial charge in [0.2, 0.25) is 0 Å². The molecule has 0 radical (unpaired) electrons. The second-order valence-corrected chi connectivity index (χ2v) is 11.8. The van der Waals surface area contributed by atoms with Gasteiger partial charge in [-0.05, 0) is 60.4 Å². The van der Waals surface area contributed by atoms with E-state index >= 15 is 0 Å². The van der Waals surface area contributed by atoms with Crippen molar-refractivity contribution in [2.24, 2.45) is 0 Å². The zero-order valence-corrected chi connectivity index (χ0v) is 25.5. The predicted molar refractivity (Wildman–Crippen MR) is 170 cm³/mol. The number of benzene rings is 3. The third-order valence-electron chi connectivity index (χ3n) is 8.93. The molecule has 0 aromatic heterocycles. The molecule has 0 bridgehead atoms. The summed E-state index contributed by atoms with van der Waals surface area (Å²) in [4.78, 5) is 18.0. The zero-order chi connectivity index (χ0) is 30.3. The number of piperidine rings is 1. The van der Waals surface area contributed by atoms with Crippen molar-refractivity contribution in [1.82, 2.24) is 4.90 Å². The number of anilines is 2. The number of rotatable bonds is 11. The largest absolute Gasteiger partial charge is 0.490 e. The molecule has 3 heterocycles. The molecule has 6 rings (SSSR count). The van der Waals surface area contributed by atoms with Crippen LogP contribution in [0.5, 0.6) is 11.5 Å². The van der Waals surface area contributed by atoms with Crippen molar-refractivity contribution in [3.05, 3.63) is 83.9 Å². The van der Waals surface area contributed by atoms with E-state index in [1.807, 2.05) is 30.3 Å². The van der Waals surface area contributed by atoms with Gasteiger partial charge in [0, 0.05) is 51.4 Å². The first-order valence-electron chi connectivity index (χ1n) is 15.7. The Bertz CT molecular complexity index is 1370. The molecule has 2 saturated heterocycles. The van der Waals surface area contributed by atoms with Crippen LogP contribution in [-0.2, 0) is 16.1 Å². The number of methoxy groups -OCH3 is 1. The number of amides is 1. The van der Waals surface area contributed by atoms with Crippen LogP contribution in [0, 0.1) is 0 Å². The Morgan fingerprint density at radius 2 is 1.82 bits per heavy atom. The van der Waals surface area contributed by atoms with E-state index in [9.17, 15) is 9.90 Å². The highest BCUT2D eigenvalue weighted by atomic mass is 16.5. The summed E-state index contributed by atoms with van der Waals surface area (Å²) in [5.74, 6) is 1.84. The number of likely N-dealkylation sites (tertiary alicyclic amines) is 1. The van der Waals surface area contributed by atoms with Gasteiger partial charge in [0.05, 0.1) is 38.0 Å². The molecule has 3 aromatic rings. The van der Waals surface area contributed by atoms with Crippen LogP contribution in [0.2, 0.25) is 0 Å². The first-order chi connectivity index (χ1) is 21.6. The van der Waals surface area contributed by atoms with Gasteiger partial charge in [-0.15, -0.1) is 0 Å². The lowest BCUT2D eigenvalue weighted by atomic mass is 9.87. The number of para-hydroxylation sites is 1. The van der Waals surface area contributed by atoms with E-state index in [-0.39, 0.29) is 18.1 Å². The normalized spacial score (nSPS) is 21.6. The summed E-state index contributed by atoms with van der Waals surface area (Å²) in [7, 11) is 1.73. The number of ether oxygens (including phenoxy) is 4. The summed E-state index contributed by atoms with van der Waals surface area (Å²) in [5, 5.41) is 9.73. The number of hydrogen-bond acceptors (Lipinski definition) is 7. The molecule has 1 amide bonds. The second kappa shape index (κ2) is 14.2. The first-order valence-corrected chi connectivity index (χ1v) is 15.7. The molecule has 2 unspecified atom stereocenters. The minimum atomic E-state index is -0.903. The molecule has 0 spiro atoms. The molecule has 3 aliphatic heterocycles. The zero-order valence-electron chi connectivity index (χ0n) is 25.5. The lowest BCUT2D eigenvalue weighted by Gasteiger charge is -2.37. The fourth-order valence-corrected chi connectivity index (χ4v) is 6.57. The Labute approximate surface area is 259 Å². The molecule has 9 nitrogen and oxygen atoms in total. The summed E-state index contributed by atoms with van der Waals surface area (Å²) >= 11 is 0. The highest BCUT2D eigenvalue weighted by molar-refractivity contribution is 5.65. The SMILES string of the molecule is COCCCN1CCOc2ccc(COC3CN(C(=O)O)CCC3c3ccc(O[C@H]4CCN(c5ccccc5)C4)cc3)cc21. The van der Waals surface area contributed by atoms with Crippen LogP contribution in [0.3, 0.4) is 0 Å². The summed E-state index contributed by atoms with van der Waals surface area (Å²) in [6, 6.07) is 25.0. The molecule has 1 N–H and O–H groups in total. The topological polar surface area (TPSA) is 83.9 Å². The fraction of sp³-hybridized carbons (Fsp3) is 0.457. The van der Waals surface area contributed by atoms with E-state index in [4.69, 9.17) is 18.9 Å². The maximum absolute atomic E-state index is 11.9. The number of fused-ring (bicyclic) bond motifs is 1. The smallest absolute Gasteiger partial charge is 0.407 e. The molecular weight excluding hydrogens is 558 g/mol. The van der Waals surface area contributed by atoms with Crippen molar-refractivity contribution in [3.63, 3.8) is 0 Å². The third kappa shape index (κ3) is 7.22. The molecule has 0 aliphatic carbocycles. The van der Waals surface area contributed by atoms with Crippen molar-refractivity contribution in [2.45, 2.75) is 44.0 Å². The average molecular weight is 602 g/mol. The number of hydrogen-bond donors (Lipinski definition) is 1. The van der Waals surface area contributed by atoms with Gasteiger partial charge in [0.1, 0.15) is 24.2 Å². The molecule has 3 aromatic carbocycles. The third-order valence-corrected chi connectivity index (χ3v) is 8.93. The van der Waals surface area contributed by atoms with Crippen molar-refractivity contribution >= 4 is 17.5 Å². The fourth-order valence-electron chi connectivity index (χ4n) is 6.57. The Kier molecular flexibility index (Phi) is 9.73. The summed E-state index contributed by atoms with van der Waals surface area (Å²) in [5.41, 5.74) is 4.50. The summed E-state index contributed by atoms with van der Waals surface area (Å²) < 4.78 is 24.0. The van der Waals surface area contributed by atoms with E-state index < -0.39 is 6.09 Å². The monoisotopic (exact) mass is 601 g/mol. The highest BCUT2D eigenvalue weighted by Gasteiger charge is 2.33. The van der Waals surface area contributed by atoms with Crippen molar-refractivity contribution in [2.75, 3.05) is 69.4 Å². The van der Waals surface area contributed by atoms with Crippen LogP contribution in [0.4, 0.5) is 16.2 Å². The van der Waals surface area contributed by atoms with Crippen molar-refractivity contribution < 1.29 is 28.8 Å². The van der Waals surface area contributed by atoms with Crippen molar-refractivity contribution in [1.29, 1.82) is 0 Å². The van der Waals surface area contributed by atoms with E-state index in [1.165, 1.54) is 10.6 Å². The van der Waals surface area contributed by atoms with Gasteiger partial charge in [-0.1, -0.05) is 36.4 Å². The number of nitrogens with zero attached hydrogens (tertiary/aromatic N) is 3. The van der Waals surface area contributed by atoms with Crippen LogP contribution in [0.1, 0.15) is 36.3 Å². The van der Waals surface area contributed by atoms with E-state index in [0.717, 1.165) is 73.9 Å². The summed E-state index contributed by atoms with van der Waals surface area (Å²) in [6.45, 7) is 6.21. The van der Waals surface area contributed by atoms with Gasteiger partial charge in [0.15, 0.2) is 0 Å². The Morgan fingerprint density at radius 1 is 0.977 bits per heavy atom. The Hall–Kier alpha value is -3.95. The van der Waals surface area contributed by atoms with Gasteiger partial charge in [-0.2, -0.15) is 0 Å². The molecule has 3 atom stereocenters. The number of carboxylic acid groups (broad SMARTS) is 1. The quantitative estimate of drug-likeness (QED) is 0.283. The lowest BCUT2D eigenvalue weighted by Crippen LogP contribution is -2.46. The average Bonchev–Trinajstić information content (AvgIpc) is 3.53. The molecule has 44 heavy (non-hydrogen) atoms. The second-order valence-electron chi connectivity index (χ2n) is 11.8. The van der Waals surface area contributed by atoms with Gasteiger partial charge < -0.3 is 38.8 Å². The van der Waals surface area contributed by atoms with Crippen LogP contribution in [-0.4, -0.2) is 87.9 Å². The summed E-state index contributed by atoms with van der Waals surface area (Å²) in [6.07, 6.45) is 1.62. The first kappa shape index (κ1) is 30.1. The van der Waals surface area contributed by atoms with E-state index in [0.29, 0.717) is 32.7 Å². The molecule has 3 aliphatic rings. The van der Waals surface area contributed by atoms with E-state index in [1.54, 1.807) is 7.11 Å². The molecule has 0 saturated carbocycles. The highest BCUT2D eigenvalue weighted by Crippen LogP contribution is 2.35. The molecule has 234 valence electrons. The van der Waals surface area contributed by atoms with Crippen LogP contribution >= 0.6 is 0 Å². The Morgan fingerprint density at radius 3 is 2.61 bits per heavy atom. The minimum Gasteiger partial charge on any atom is -0.490 e. The molecular formula is C35H43N3O6. The van der Waals surface area contributed by atoms with Crippen LogP contribution < -0.4 is 19.3 Å². The maximum atomic E-state index is 11.9. The van der Waals surface area contributed by atoms with Gasteiger partial charge in [-0.25, -0.2) is 4.79 Å². The van der Waals surface area contributed by atoms with Crippen LogP contribution in [0.15, 0.2) is 72.8 Å². The lowest BCUT2D eigenvalue weighted by molar-refractivity contribution is -0.0199. The molecule has 2 fully saturated rings. The van der Waals surface area contributed by atoms with Gasteiger partial charge in [0.25, 0.3) is 0 Å². The maximum Gasteiger partial charge on any atom is 0.407 e. The van der Waals surface area contributed by atoms with Gasteiger partial charge in [-0.3, -0.25) is 0 Å². The van der Waals surface area contributed by atoms with E-state index in [2.05, 4.69) is 52.3 Å². The number of carbonyl (C=O) groups is 1. The standard InChI is InChI=1S/C35H43N3O6/c1-41-20-5-16-36-19-21-42-33-13-8-26(22-32(33)36)25-43-34-24-38(35(39)40)18-15-31(34)27-9-11-29(12-10-27)44-30-14-17-37(23-30)28-6-3-2-4-7-28/h2-4,6-13,22,30-31,34H,5,14-21,23-25H2,1H3,(H,39,40)/t30-,31?,34?/m0/s1. The predicted octanol–water partition coefficient (Wildman–Crippen LogP) is 5.63. The minimum absolute atomic E-state index is 0.0891. The van der Waals surface area contributed by atoms with Gasteiger partial charge >= 0.3 is 6.09 Å².